The lowest BCUT2D eigenvalue weighted by Crippen LogP contribution is -3.13. The zero-order chi connectivity index (χ0) is 17.6. The van der Waals surface area contributed by atoms with Gasteiger partial charge in [0.1, 0.15) is 12.4 Å². The predicted octanol–water partition coefficient (Wildman–Crippen LogP) is 1.93. The summed E-state index contributed by atoms with van der Waals surface area (Å²) in [6.07, 6.45) is 0. The standard InChI is InChI=1S/C19H21BrFN3O/c20-16-5-7-17(8-6-16)22-13-19(25)24-11-9-23(10-12-24)14-15-3-1-2-4-18(15)21/h1-8,22H,9-14H2/p+1. The van der Waals surface area contributed by atoms with Crippen LogP contribution < -0.4 is 10.2 Å². The van der Waals surface area contributed by atoms with Crippen molar-refractivity contribution < 1.29 is 14.1 Å². The number of nitrogens with zero attached hydrogens (tertiary/aromatic N) is 1. The number of quaternary nitrogens is 1. The first-order valence-corrected chi connectivity index (χ1v) is 9.25. The summed E-state index contributed by atoms with van der Waals surface area (Å²) in [5.41, 5.74) is 1.68. The molecule has 6 heteroatoms. The normalized spacial score (nSPS) is 15.2. The molecule has 0 saturated carbocycles. The molecule has 0 radical (unpaired) electrons. The van der Waals surface area contributed by atoms with Gasteiger partial charge in [-0.15, -0.1) is 0 Å². The molecule has 0 spiro atoms. The van der Waals surface area contributed by atoms with E-state index in [0.717, 1.165) is 28.8 Å². The van der Waals surface area contributed by atoms with Crippen molar-refractivity contribution in [2.45, 2.75) is 6.54 Å². The molecule has 1 aliphatic heterocycles. The third-order valence-electron chi connectivity index (χ3n) is 4.51. The molecule has 132 valence electrons. The highest BCUT2D eigenvalue weighted by atomic mass is 79.9. The molecule has 2 N–H and O–H groups in total. The van der Waals surface area contributed by atoms with Crippen LogP contribution in [0.2, 0.25) is 0 Å². The summed E-state index contributed by atoms with van der Waals surface area (Å²) >= 11 is 3.39. The Bertz CT molecular complexity index is 715. The summed E-state index contributed by atoms with van der Waals surface area (Å²) in [5, 5.41) is 3.16. The van der Waals surface area contributed by atoms with Crippen molar-refractivity contribution in [1.29, 1.82) is 0 Å². The number of piperazine rings is 1. The maximum atomic E-state index is 13.7. The van der Waals surface area contributed by atoms with Crippen LogP contribution in [-0.2, 0) is 11.3 Å². The van der Waals surface area contributed by atoms with Crippen molar-refractivity contribution in [2.24, 2.45) is 0 Å². The molecule has 4 nitrogen and oxygen atoms in total. The Hall–Kier alpha value is -1.92. The number of benzene rings is 2. The summed E-state index contributed by atoms with van der Waals surface area (Å²) in [7, 11) is 0. The minimum Gasteiger partial charge on any atom is -0.376 e. The van der Waals surface area contributed by atoms with Crippen molar-refractivity contribution in [3.63, 3.8) is 0 Å². The second-order valence-corrected chi connectivity index (χ2v) is 7.18. The average molecular weight is 407 g/mol. The molecule has 2 aromatic rings. The molecule has 0 unspecified atom stereocenters. The highest BCUT2D eigenvalue weighted by molar-refractivity contribution is 9.10. The third-order valence-corrected chi connectivity index (χ3v) is 5.04. The van der Waals surface area contributed by atoms with Gasteiger partial charge in [0.05, 0.1) is 32.7 Å². The van der Waals surface area contributed by atoms with Gasteiger partial charge in [-0.3, -0.25) is 4.79 Å². The monoisotopic (exact) mass is 406 g/mol. The van der Waals surface area contributed by atoms with Gasteiger partial charge in [-0.2, -0.15) is 0 Å². The number of halogens is 2. The summed E-state index contributed by atoms with van der Waals surface area (Å²) in [6.45, 7) is 4.09. The van der Waals surface area contributed by atoms with Gasteiger partial charge in [0.25, 0.3) is 0 Å². The SMILES string of the molecule is O=C(CNc1ccc(Br)cc1)N1CC[NH+](Cc2ccccc2F)CC1. The van der Waals surface area contributed by atoms with Crippen LogP contribution in [0.5, 0.6) is 0 Å². The Balaban J connectivity index is 1.44. The second kappa shape index (κ2) is 8.45. The summed E-state index contributed by atoms with van der Waals surface area (Å²) in [4.78, 5) is 15.5. The number of amides is 1. The summed E-state index contributed by atoms with van der Waals surface area (Å²) in [5.74, 6) is -0.0416. The molecule has 0 aromatic heterocycles. The maximum absolute atomic E-state index is 13.7. The smallest absolute Gasteiger partial charge is 0.242 e. The summed E-state index contributed by atoms with van der Waals surface area (Å²) < 4.78 is 14.8. The molecule has 1 fully saturated rings. The Kier molecular flexibility index (Phi) is 6.04. The van der Waals surface area contributed by atoms with Crippen LogP contribution in [0.1, 0.15) is 5.56 Å². The molecule has 0 bridgehead atoms. The first-order chi connectivity index (χ1) is 12.1. The fraction of sp³-hybridized carbons (Fsp3) is 0.316. The highest BCUT2D eigenvalue weighted by Crippen LogP contribution is 2.13. The van der Waals surface area contributed by atoms with Gasteiger partial charge in [-0.1, -0.05) is 34.1 Å². The van der Waals surface area contributed by atoms with Crippen molar-refractivity contribution in [2.75, 3.05) is 38.0 Å². The molecule has 1 heterocycles. The minimum atomic E-state index is -0.146. The Morgan fingerprint density at radius 1 is 1.12 bits per heavy atom. The van der Waals surface area contributed by atoms with E-state index in [4.69, 9.17) is 0 Å². The molecular weight excluding hydrogens is 385 g/mol. The summed E-state index contributed by atoms with van der Waals surface area (Å²) in [6, 6.07) is 14.7. The molecule has 1 aliphatic rings. The number of hydrogen-bond donors (Lipinski definition) is 2. The van der Waals surface area contributed by atoms with Crippen LogP contribution in [-0.4, -0.2) is 43.5 Å². The van der Waals surface area contributed by atoms with Gasteiger partial charge in [0.2, 0.25) is 5.91 Å². The molecule has 1 amide bonds. The minimum absolute atomic E-state index is 0.105. The van der Waals surface area contributed by atoms with E-state index in [2.05, 4.69) is 21.2 Å². The van der Waals surface area contributed by atoms with Crippen LogP contribution >= 0.6 is 15.9 Å². The number of rotatable bonds is 5. The van der Waals surface area contributed by atoms with Crippen LogP contribution in [0.3, 0.4) is 0 Å². The van der Waals surface area contributed by atoms with Gasteiger partial charge in [0.15, 0.2) is 0 Å². The van der Waals surface area contributed by atoms with Gasteiger partial charge in [-0.05, 0) is 30.3 Å². The highest BCUT2D eigenvalue weighted by Gasteiger charge is 2.24. The van der Waals surface area contributed by atoms with E-state index in [-0.39, 0.29) is 11.7 Å². The van der Waals surface area contributed by atoms with E-state index < -0.39 is 0 Å². The number of nitrogens with one attached hydrogen (secondary N) is 2. The molecular formula is C19H22BrFN3O+. The van der Waals surface area contributed by atoms with Crippen LogP contribution in [0.25, 0.3) is 0 Å². The topological polar surface area (TPSA) is 36.8 Å². The first kappa shape index (κ1) is 17.9. The lowest BCUT2D eigenvalue weighted by atomic mass is 10.2. The van der Waals surface area contributed by atoms with E-state index in [0.29, 0.717) is 26.2 Å². The molecule has 2 aromatic carbocycles. The number of carbonyl (C=O) groups is 1. The van der Waals surface area contributed by atoms with Gasteiger partial charge < -0.3 is 15.1 Å². The number of carbonyl (C=O) groups excluding carboxylic acids is 1. The van der Waals surface area contributed by atoms with E-state index in [1.807, 2.05) is 41.3 Å². The lowest BCUT2D eigenvalue weighted by Gasteiger charge is -2.32. The lowest BCUT2D eigenvalue weighted by molar-refractivity contribution is -0.917. The van der Waals surface area contributed by atoms with Gasteiger partial charge in [0, 0.05) is 15.7 Å². The Labute approximate surface area is 155 Å². The predicted molar refractivity (Wildman–Crippen MR) is 100 cm³/mol. The first-order valence-electron chi connectivity index (χ1n) is 8.46. The van der Waals surface area contributed by atoms with E-state index in [1.165, 1.54) is 11.0 Å². The van der Waals surface area contributed by atoms with Crippen LogP contribution in [0.15, 0.2) is 53.0 Å². The zero-order valence-electron chi connectivity index (χ0n) is 14.0. The van der Waals surface area contributed by atoms with Crippen LogP contribution in [0.4, 0.5) is 10.1 Å². The third kappa shape index (κ3) is 5.03. The molecule has 3 rings (SSSR count). The largest absolute Gasteiger partial charge is 0.376 e. The zero-order valence-corrected chi connectivity index (χ0v) is 15.6. The number of anilines is 1. The molecule has 0 atom stereocenters. The van der Waals surface area contributed by atoms with Crippen molar-refractivity contribution in [3.8, 4) is 0 Å². The Morgan fingerprint density at radius 3 is 2.48 bits per heavy atom. The van der Waals surface area contributed by atoms with E-state index in [1.54, 1.807) is 6.07 Å². The van der Waals surface area contributed by atoms with Gasteiger partial charge >= 0.3 is 0 Å². The molecule has 25 heavy (non-hydrogen) atoms. The average Bonchev–Trinajstić information content (AvgIpc) is 2.63. The Morgan fingerprint density at radius 2 is 1.80 bits per heavy atom. The molecule has 1 saturated heterocycles. The van der Waals surface area contributed by atoms with Crippen molar-refractivity contribution in [3.05, 3.63) is 64.4 Å². The van der Waals surface area contributed by atoms with Crippen molar-refractivity contribution >= 4 is 27.5 Å². The fourth-order valence-electron chi connectivity index (χ4n) is 3.02. The van der Waals surface area contributed by atoms with Gasteiger partial charge in [-0.25, -0.2) is 4.39 Å². The van der Waals surface area contributed by atoms with E-state index in [9.17, 15) is 9.18 Å². The fourth-order valence-corrected chi connectivity index (χ4v) is 3.28. The molecule has 0 aliphatic carbocycles. The maximum Gasteiger partial charge on any atom is 0.242 e. The quantitative estimate of drug-likeness (QED) is 0.795. The number of hydrogen-bond acceptors (Lipinski definition) is 2. The second-order valence-electron chi connectivity index (χ2n) is 6.26. The van der Waals surface area contributed by atoms with E-state index >= 15 is 0 Å². The van der Waals surface area contributed by atoms with Crippen molar-refractivity contribution in [1.82, 2.24) is 4.90 Å². The van der Waals surface area contributed by atoms with Crippen LogP contribution in [0, 0.1) is 5.82 Å².